The molecule has 11 heteroatoms. The van der Waals surface area contributed by atoms with E-state index in [1.807, 2.05) is 19.9 Å². The molecule has 1 saturated carbocycles. The fourth-order valence-corrected chi connectivity index (χ4v) is 6.21. The van der Waals surface area contributed by atoms with Gasteiger partial charge in [-0.1, -0.05) is 19.1 Å². The van der Waals surface area contributed by atoms with Crippen LogP contribution in [-0.4, -0.2) is 86.6 Å². The molecule has 1 aliphatic carbocycles. The highest BCUT2D eigenvalue weighted by atomic mass is 19.3. The molecule has 9 nitrogen and oxygen atoms in total. The molecule has 0 bridgehead atoms. The fraction of sp³-hybridized carbons (Fsp3) is 0.633. The number of fused-ring (bicyclic) bond motifs is 1. The van der Waals surface area contributed by atoms with Crippen molar-refractivity contribution >= 4 is 22.8 Å². The summed E-state index contributed by atoms with van der Waals surface area (Å²) in [5, 5.41) is 13.8. The molecular formula is C30H43F2N7O2. The van der Waals surface area contributed by atoms with E-state index in [0.29, 0.717) is 73.4 Å². The maximum absolute atomic E-state index is 14.2. The number of alkyl halides is 2. The molecule has 3 aromatic rings. The van der Waals surface area contributed by atoms with Gasteiger partial charge in [-0.2, -0.15) is 9.97 Å². The van der Waals surface area contributed by atoms with Crippen LogP contribution in [0.3, 0.4) is 0 Å². The number of aliphatic hydroxyl groups is 1. The number of hydrogen-bond donors (Lipinski definition) is 2. The second-order valence-corrected chi connectivity index (χ2v) is 12.1. The van der Waals surface area contributed by atoms with Gasteiger partial charge in [-0.15, -0.1) is 0 Å². The highest BCUT2D eigenvalue weighted by Crippen LogP contribution is 2.31. The van der Waals surface area contributed by atoms with Gasteiger partial charge in [0.2, 0.25) is 5.95 Å². The molecule has 1 aromatic carbocycles. The number of nitrogens with one attached hydrogen (secondary N) is 1. The third-order valence-corrected chi connectivity index (χ3v) is 8.25. The molecule has 41 heavy (non-hydrogen) atoms. The first-order valence-electron chi connectivity index (χ1n) is 14.8. The van der Waals surface area contributed by atoms with Gasteiger partial charge < -0.3 is 20.1 Å². The van der Waals surface area contributed by atoms with E-state index in [-0.39, 0.29) is 11.9 Å². The van der Waals surface area contributed by atoms with Crippen LogP contribution in [0, 0.1) is 5.92 Å². The number of imidazole rings is 1. The highest BCUT2D eigenvalue weighted by molar-refractivity contribution is 5.78. The summed E-state index contributed by atoms with van der Waals surface area (Å²) in [5.74, 6) is 1.60. The molecule has 224 valence electrons. The summed E-state index contributed by atoms with van der Waals surface area (Å²) in [4.78, 5) is 18.3. The number of aromatic nitrogens is 4. The standard InChI is InChI=1S/C30H43F2N7O2/c1-5-37(19-30(3,4)40)22-12-10-21(11-13-22)17-33-29-35-25(38-14-15-41-18-20(38)2)16-26(36-29)39-24-9-7-6-8-23(24)34-28(39)27(31)32/h6-9,16,20-22,27,40H,5,10-15,17-19H2,1-4H3,(H,33,35,36)/t20-,21?,22?/m1/s1. The lowest BCUT2D eigenvalue weighted by Crippen LogP contribution is -2.46. The molecule has 0 amide bonds. The third-order valence-electron chi connectivity index (χ3n) is 8.25. The van der Waals surface area contributed by atoms with Gasteiger partial charge in [-0.3, -0.25) is 9.47 Å². The van der Waals surface area contributed by atoms with Gasteiger partial charge in [0.15, 0.2) is 5.82 Å². The van der Waals surface area contributed by atoms with Gasteiger partial charge in [0.05, 0.1) is 35.9 Å². The number of likely N-dealkylation sites (N-methyl/N-ethyl adjacent to an activating group) is 1. The number of halogens is 2. The normalized spacial score (nSPS) is 22.2. The summed E-state index contributed by atoms with van der Waals surface area (Å²) in [5.41, 5.74) is 0.370. The van der Waals surface area contributed by atoms with Crippen LogP contribution in [0.1, 0.15) is 65.6 Å². The largest absolute Gasteiger partial charge is 0.389 e. The number of morpholine rings is 1. The molecule has 5 rings (SSSR count). The molecule has 3 heterocycles. The lowest BCUT2D eigenvalue weighted by atomic mass is 9.85. The minimum absolute atomic E-state index is 0.0918. The molecule has 1 atom stereocenters. The Hall–Kier alpha value is -2.89. The Morgan fingerprint density at radius 2 is 1.85 bits per heavy atom. The van der Waals surface area contributed by atoms with Gasteiger partial charge in [0.1, 0.15) is 11.6 Å². The van der Waals surface area contributed by atoms with E-state index in [1.165, 1.54) is 4.57 Å². The van der Waals surface area contributed by atoms with Gasteiger partial charge >= 0.3 is 0 Å². The zero-order valence-corrected chi connectivity index (χ0v) is 24.6. The van der Waals surface area contributed by atoms with Crippen LogP contribution in [-0.2, 0) is 4.74 Å². The summed E-state index contributed by atoms with van der Waals surface area (Å²) in [6.45, 7) is 12.1. The van der Waals surface area contributed by atoms with Crippen LogP contribution in [0.5, 0.6) is 0 Å². The Kier molecular flexibility index (Phi) is 9.06. The monoisotopic (exact) mass is 571 g/mol. The van der Waals surface area contributed by atoms with Crippen molar-refractivity contribution in [2.45, 2.75) is 77.5 Å². The number of anilines is 2. The zero-order valence-electron chi connectivity index (χ0n) is 24.6. The van der Waals surface area contributed by atoms with Crippen molar-refractivity contribution in [2.24, 2.45) is 5.92 Å². The van der Waals surface area contributed by atoms with Crippen molar-refractivity contribution in [1.82, 2.24) is 24.4 Å². The topological polar surface area (TPSA) is 91.6 Å². The van der Waals surface area contributed by atoms with Crippen LogP contribution in [0.2, 0.25) is 0 Å². The highest BCUT2D eigenvalue weighted by Gasteiger charge is 2.29. The van der Waals surface area contributed by atoms with E-state index in [1.54, 1.807) is 24.3 Å². The van der Waals surface area contributed by atoms with Crippen LogP contribution in [0.25, 0.3) is 16.9 Å². The average molecular weight is 572 g/mol. The molecule has 1 aliphatic heterocycles. The molecule has 0 spiro atoms. The van der Waals surface area contributed by atoms with Crippen molar-refractivity contribution in [3.05, 3.63) is 36.2 Å². The Bertz CT molecular complexity index is 1300. The summed E-state index contributed by atoms with van der Waals surface area (Å²) < 4.78 is 35.4. The van der Waals surface area contributed by atoms with Gasteiger partial charge in [0.25, 0.3) is 6.43 Å². The molecule has 2 aromatic heterocycles. The Labute approximate surface area is 240 Å². The third kappa shape index (κ3) is 6.95. The number of para-hydroxylation sites is 2. The second kappa shape index (κ2) is 12.5. The molecule has 0 unspecified atom stereocenters. The van der Waals surface area contributed by atoms with Crippen molar-refractivity contribution in [2.75, 3.05) is 49.6 Å². The van der Waals surface area contributed by atoms with Crippen LogP contribution in [0.15, 0.2) is 30.3 Å². The average Bonchev–Trinajstić information content (AvgIpc) is 3.35. The van der Waals surface area contributed by atoms with Gasteiger partial charge in [-0.05, 0) is 71.0 Å². The summed E-state index contributed by atoms with van der Waals surface area (Å²) in [6.07, 6.45) is 1.52. The molecule has 2 N–H and O–H groups in total. The second-order valence-electron chi connectivity index (χ2n) is 12.1. The van der Waals surface area contributed by atoms with Gasteiger partial charge in [0, 0.05) is 31.7 Å². The molecule has 0 radical (unpaired) electrons. The van der Waals surface area contributed by atoms with Crippen molar-refractivity contribution in [3.8, 4) is 5.82 Å². The van der Waals surface area contributed by atoms with E-state index < -0.39 is 12.0 Å². The Morgan fingerprint density at radius 3 is 2.54 bits per heavy atom. The van der Waals surface area contributed by atoms with E-state index >= 15 is 0 Å². The molecule has 1 saturated heterocycles. The van der Waals surface area contributed by atoms with Crippen molar-refractivity contribution < 1.29 is 18.6 Å². The van der Waals surface area contributed by atoms with Crippen LogP contribution >= 0.6 is 0 Å². The van der Waals surface area contributed by atoms with E-state index in [0.717, 1.165) is 32.2 Å². The maximum Gasteiger partial charge on any atom is 0.296 e. The van der Waals surface area contributed by atoms with Crippen molar-refractivity contribution in [1.29, 1.82) is 0 Å². The number of rotatable bonds is 10. The minimum Gasteiger partial charge on any atom is -0.389 e. The van der Waals surface area contributed by atoms with E-state index in [9.17, 15) is 13.9 Å². The smallest absolute Gasteiger partial charge is 0.296 e. The number of hydrogen-bond acceptors (Lipinski definition) is 8. The summed E-state index contributed by atoms with van der Waals surface area (Å²) in [6, 6.07) is 9.48. The lowest BCUT2D eigenvalue weighted by molar-refractivity contribution is 0.0134. The summed E-state index contributed by atoms with van der Waals surface area (Å²) in [7, 11) is 0. The SMILES string of the molecule is CCN(CC(C)(C)O)C1CCC(CNc2nc(N3CCOC[C@H]3C)cc(-n3c(C(F)F)nc4ccccc43)n2)CC1. The molecule has 2 fully saturated rings. The fourth-order valence-electron chi connectivity index (χ4n) is 6.21. The number of ether oxygens (including phenoxy) is 1. The first-order valence-corrected chi connectivity index (χ1v) is 14.8. The zero-order chi connectivity index (χ0) is 29.1. The van der Waals surface area contributed by atoms with E-state index in [4.69, 9.17) is 14.7 Å². The van der Waals surface area contributed by atoms with Crippen molar-refractivity contribution in [3.63, 3.8) is 0 Å². The number of nitrogens with zero attached hydrogens (tertiary/aromatic N) is 6. The maximum atomic E-state index is 14.2. The molecule has 2 aliphatic rings. The van der Waals surface area contributed by atoms with Gasteiger partial charge in [-0.25, -0.2) is 13.8 Å². The first kappa shape index (κ1) is 29.6. The molecular weight excluding hydrogens is 528 g/mol. The Balaban J connectivity index is 1.38. The lowest BCUT2D eigenvalue weighted by Gasteiger charge is -2.39. The van der Waals surface area contributed by atoms with E-state index in [2.05, 4.69) is 33.9 Å². The quantitative estimate of drug-likeness (QED) is 0.350. The predicted octanol–water partition coefficient (Wildman–Crippen LogP) is 5.04. The number of benzene rings is 1. The minimum atomic E-state index is -2.76. The predicted molar refractivity (Wildman–Crippen MR) is 157 cm³/mol. The summed E-state index contributed by atoms with van der Waals surface area (Å²) >= 11 is 0. The Morgan fingerprint density at radius 1 is 1.12 bits per heavy atom. The first-order chi connectivity index (χ1) is 19.6. The van der Waals surface area contributed by atoms with Crippen LogP contribution < -0.4 is 10.2 Å². The van der Waals surface area contributed by atoms with Crippen LogP contribution in [0.4, 0.5) is 20.5 Å².